The maximum atomic E-state index is 12.9. The van der Waals surface area contributed by atoms with Crippen LogP contribution in [-0.2, 0) is 0 Å². The van der Waals surface area contributed by atoms with Gasteiger partial charge in [0.2, 0.25) is 5.16 Å². The van der Waals surface area contributed by atoms with E-state index in [2.05, 4.69) is 15.1 Å². The molecule has 0 atom stereocenters. The number of pyridine rings is 1. The van der Waals surface area contributed by atoms with Crippen LogP contribution in [0.25, 0.3) is 22.4 Å². The fourth-order valence-corrected chi connectivity index (χ4v) is 3.20. The van der Waals surface area contributed by atoms with Crippen LogP contribution in [0, 0.1) is 0 Å². The molecule has 1 aromatic carbocycles. The standard InChI is InChI=1S/C17H15N5O2S/c1-3-25-17-19-16-18-10-13-14(22(16)20-17)7-8-21(15(13)23)11-5-4-6-12(9-11)24-2/h4-10H,3H2,1-2H3. The first kappa shape index (κ1) is 15.6. The molecule has 126 valence electrons. The van der Waals surface area contributed by atoms with Crippen LogP contribution >= 0.6 is 11.8 Å². The molecule has 4 rings (SSSR count). The molecular formula is C17H15N5O2S. The fraction of sp³-hybridized carbons (Fsp3) is 0.176. The van der Waals surface area contributed by atoms with E-state index in [0.29, 0.717) is 27.6 Å². The Labute approximate surface area is 147 Å². The van der Waals surface area contributed by atoms with Gasteiger partial charge in [-0.2, -0.15) is 9.50 Å². The molecule has 3 heterocycles. The number of hydrogen-bond donors (Lipinski definition) is 0. The number of fused-ring (bicyclic) bond motifs is 3. The summed E-state index contributed by atoms with van der Waals surface area (Å²) >= 11 is 1.54. The van der Waals surface area contributed by atoms with Gasteiger partial charge in [0.1, 0.15) is 5.75 Å². The first-order valence-corrected chi connectivity index (χ1v) is 8.74. The second kappa shape index (κ2) is 6.21. The van der Waals surface area contributed by atoms with Crippen molar-refractivity contribution < 1.29 is 4.74 Å². The Morgan fingerprint density at radius 2 is 2.16 bits per heavy atom. The highest BCUT2D eigenvalue weighted by atomic mass is 32.2. The molecule has 0 radical (unpaired) electrons. The van der Waals surface area contributed by atoms with Crippen molar-refractivity contribution >= 4 is 28.4 Å². The number of rotatable bonds is 4. The van der Waals surface area contributed by atoms with Crippen LogP contribution in [0.2, 0.25) is 0 Å². The average molecular weight is 353 g/mol. The summed E-state index contributed by atoms with van der Waals surface area (Å²) in [5, 5.41) is 5.57. The maximum Gasteiger partial charge on any atom is 0.266 e. The van der Waals surface area contributed by atoms with Gasteiger partial charge >= 0.3 is 0 Å². The average Bonchev–Trinajstić information content (AvgIpc) is 3.05. The van der Waals surface area contributed by atoms with E-state index >= 15 is 0 Å². The summed E-state index contributed by atoms with van der Waals surface area (Å²) in [4.78, 5) is 21.6. The second-order valence-electron chi connectivity index (χ2n) is 5.29. The molecule has 0 amide bonds. The van der Waals surface area contributed by atoms with E-state index in [1.165, 1.54) is 11.8 Å². The summed E-state index contributed by atoms with van der Waals surface area (Å²) in [5.74, 6) is 2.05. The van der Waals surface area contributed by atoms with Crippen LogP contribution in [0.15, 0.2) is 52.7 Å². The Bertz CT molecular complexity index is 1130. The Hall–Kier alpha value is -2.87. The molecule has 0 aliphatic rings. The van der Waals surface area contributed by atoms with Crippen molar-refractivity contribution in [3.8, 4) is 11.4 Å². The first-order chi connectivity index (χ1) is 12.2. The van der Waals surface area contributed by atoms with Gasteiger partial charge in [0, 0.05) is 18.5 Å². The summed E-state index contributed by atoms with van der Waals surface area (Å²) in [6.45, 7) is 2.04. The molecule has 0 fully saturated rings. The van der Waals surface area contributed by atoms with Gasteiger partial charge < -0.3 is 4.74 Å². The second-order valence-corrected chi connectivity index (χ2v) is 6.52. The Kier molecular flexibility index (Phi) is 3.89. The summed E-state index contributed by atoms with van der Waals surface area (Å²) in [6, 6.07) is 9.19. The predicted molar refractivity (Wildman–Crippen MR) is 96.8 cm³/mol. The molecule has 0 bridgehead atoms. The van der Waals surface area contributed by atoms with Crippen molar-refractivity contribution in [2.24, 2.45) is 0 Å². The Balaban J connectivity index is 1.93. The molecule has 0 spiro atoms. The van der Waals surface area contributed by atoms with Gasteiger partial charge in [0.25, 0.3) is 11.3 Å². The number of benzene rings is 1. The van der Waals surface area contributed by atoms with Crippen LogP contribution in [0.5, 0.6) is 5.75 Å². The monoisotopic (exact) mass is 353 g/mol. The molecule has 0 aliphatic heterocycles. The lowest BCUT2D eigenvalue weighted by atomic mass is 10.2. The van der Waals surface area contributed by atoms with E-state index in [1.54, 1.807) is 28.6 Å². The highest BCUT2D eigenvalue weighted by Gasteiger charge is 2.12. The third-order valence-electron chi connectivity index (χ3n) is 3.82. The fourth-order valence-electron chi connectivity index (χ4n) is 2.65. The molecule has 4 aromatic rings. The minimum absolute atomic E-state index is 0.166. The van der Waals surface area contributed by atoms with Crippen molar-refractivity contribution in [1.82, 2.24) is 24.1 Å². The number of ether oxygens (including phenoxy) is 1. The predicted octanol–water partition coefficient (Wildman–Crippen LogP) is 2.55. The number of methoxy groups -OCH3 is 1. The van der Waals surface area contributed by atoms with Crippen LogP contribution in [-0.4, -0.2) is 37.0 Å². The summed E-state index contributed by atoms with van der Waals surface area (Å²) in [6.07, 6.45) is 3.28. The quantitative estimate of drug-likeness (QED) is 0.525. The molecule has 0 aliphatic carbocycles. The van der Waals surface area contributed by atoms with Crippen LogP contribution < -0.4 is 10.3 Å². The lowest BCUT2D eigenvalue weighted by Gasteiger charge is -2.09. The first-order valence-electron chi connectivity index (χ1n) is 7.75. The summed E-state index contributed by atoms with van der Waals surface area (Å²) < 4.78 is 8.42. The highest BCUT2D eigenvalue weighted by molar-refractivity contribution is 7.99. The van der Waals surface area contributed by atoms with Gasteiger partial charge in [-0.3, -0.25) is 9.36 Å². The van der Waals surface area contributed by atoms with E-state index in [0.717, 1.165) is 11.4 Å². The van der Waals surface area contributed by atoms with Crippen LogP contribution in [0.4, 0.5) is 0 Å². The lowest BCUT2D eigenvalue weighted by Crippen LogP contribution is -2.18. The smallest absolute Gasteiger partial charge is 0.266 e. The molecule has 25 heavy (non-hydrogen) atoms. The van der Waals surface area contributed by atoms with Crippen molar-refractivity contribution in [1.29, 1.82) is 0 Å². The SMILES string of the molecule is CCSc1nc2ncc3c(=O)n(-c4cccc(OC)c4)ccc3n2n1. The van der Waals surface area contributed by atoms with Gasteiger partial charge in [-0.05, 0) is 24.0 Å². The van der Waals surface area contributed by atoms with E-state index < -0.39 is 0 Å². The van der Waals surface area contributed by atoms with E-state index in [1.807, 2.05) is 37.3 Å². The Morgan fingerprint density at radius 1 is 1.28 bits per heavy atom. The van der Waals surface area contributed by atoms with Gasteiger partial charge in [0.15, 0.2) is 0 Å². The maximum absolute atomic E-state index is 12.9. The van der Waals surface area contributed by atoms with Gasteiger partial charge in [-0.15, -0.1) is 5.10 Å². The zero-order valence-corrected chi connectivity index (χ0v) is 14.5. The summed E-state index contributed by atoms with van der Waals surface area (Å²) in [7, 11) is 1.60. The van der Waals surface area contributed by atoms with E-state index in [9.17, 15) is 4.79 Å². The zero-order valence-electron chi connectivity index (χ0n) is 13.7. The van der Waals surface area contributed by atoms with Gasteiger partial charge in [-0.1, -0.05) is 24.8 Å². The minimum atomic E-state index is -0.166. The number of aromatic nitrogens is 5. The molecule has 3 aromatic heterocycles. The van der Waals surface area contributed by atoms with Crippen LogP contribution in [0.3, 0.4) is 0 Å². The zero-order chi connectivity index (χ0) is 17.4. The molecule has 0 saturated heterocycles. The lowest BCUT2D eigenvalue weighted by molar-refractivity contribution is 0.414. The molecular weight excluding hydrogens is 338 g/mol. The summed E-state index contributed by atoms with van der Waals surface area (Å²) in [5.41, 5.74) is 1.25. The largest absolute Gasteiger partial charge is 0.497 e. The highest BCUT2D eigenvalue weighted by Crippen LogP contribution is 2.18. The third-order valence-corrected chi connectivity index (χ3v) is 4.54. The van der Waals surface area contributed by atoms with Crippen molar-refractivity contribution in [3.05, 3.63) is 53.1 Å². The third kappa shape index (κ3) is 2.64. The Morgan fingerprint density at radius 3 is 2.96 bits per heavy atom. The van der Waals surface area contributed by atoms with Crippen LogP contribution in [0.1, 0.15) is 6.92 Å². The van der Waals surface area contributed by atoms with Crippen molar-refractivity contribution in [3.63, 3.8) is 0 Å². The molecule has 8 heteroatoms. The van der Waals surface area contributed by atoms with Gasteiger partial charge in [-0.25, -0.2) is 4.98 Å². The number of nitrogens with zero attached hydrogens (tertiary/aromatic N) is 5. The molecule has 0 N–H and O–H groups in total. The van der Waals surface area contributed by atoms with Crippen molar-refractivity contribution in [2.45, 2.75) is 12.1 Å². The molecule has 0 saturated carbocycles. The van der Waals surface area contributed by atoms with E-state index in [4.69, 9.17) is 4.74 Å². The van der Waals surface area contributed by atoms with Crippen molar-refractivity contribution in [2.75, 3.05) is 12.9 Å². The normalized spacial score (nSPS) is 11.3. The topological polar surface area (TPSA) is 74.3 Å². The number of hydrogen-bond acceptors (Lipinski definition) is 6. The molecule has 0 unspecified atom stereocenters. The van der Waals surface area contributed by atoms with E-state index in [-0.39, 0.29) is 5.56 Å². The molecule has 7 nitrogen and oxygen atoms in total. The number of thioether (sulfide) groups is 1. The minimum Gasteiger partial charge on any atom is -0.497 e. The van der Waals surface area contributed by atoms with Gasteiger partial charge in [0.05, 0.1) is 23.7 Å².